The molecule has 0 N–H and O–H groups in total. The third-order valence-corrected chi connectivity index (χ3v) is 4.86. The molecule has 0 bridgehead atoms. The number of hydrogen-bond acceptors (Lipinski definition) is 7. The number of pyridine rings is 1. The molecular formula is C18H19N5O3S. The summed E-state index contributed by atoms with van der Waals surface area (Å²) in [7, 11) is 0. The monoisotopic (exact) mass is 385 g/mol. The summed E-state index contributed by atoms with van der Waals surface area (Å²) in [5, 5.41) is 20.1. The van der Waals surface area contributed by atoms with Crippen molar-refractivity contribution < 1.29 is 9.66 Å². The Labute approximate surface area is 160 Å². The lowest BCUT2D eigenvalue weighted by Gasteiger charge is -2.08. The van der Waals surface area contributed by atoms with Gasteiger partial charge in [-0.1, -0.05) is 11.8 Å². The number of nitro groups is 1. The fraction of sp³-hybridized carbons (Fsp3) is 0.278. The second kappa shape index (κ2) is 9.13. The molecule has 0 aliphatic heterocycles. The molecule has 2 aromatic heterocycles. The summed E-state index contributed by atoms with van der Waals surface area (Å²) >= 11 is 1.63. The van der Waals surface area contributed by atoms with E-state index in [1.54, 1.807) is 36.3 Å². The Hall–Kier alpha value is -2.94. The van der Waals surface area contributed by atoms with Crippen molar-refractivity contribution in [2.75, 3.05) is 12.4 Å². The maximum absolute atomic E-state index is 10.6. The molecule has 140 valence electrons. The Kier molecular flexibility index (Phi) is 6.37. The summed E-state index contributed by atoms with van der Waals surface area (Å²) in [6.07, 6.45) is 4.31. The molecule has 0 radical (unpaired) electrons. The van der Waals surface area contributed by atoms with Gasteiger partial charge in [0.25, 0.3) is 5.69 Å². The molecule has 0 atom stereocenters. The van der Waals surface area contributed by atoms with Crippen LogP contribution in [0, 0.1) is 10.1 Å². The van der Waals surface area contributed by atoms with Crippen LogP contribution in [0.2, 0.25) is 0 Å². The molecule has 0 amide bonds. The predicted molar refractivity (Wildman–Crippen MR) is 103 cm³/mol. The Bertz CT molecular complexity index is 884. The minimum absolute atomic E-state index is 0.0572. The van der Waals surface area contributed by atoms with Gasteiger partial charge in [0.2, 0.25) is 0 Å². The van der Waals surface area contributed by atoms with Crippen molar-refractivity contribution in [1.82, 2.24) is 19.7 Å². The smallest absolute Gasteiger partial charge is 0.269 e. The number of ether oxygens (including phenoxy) is 1. The van der Waals surface area contributed by atoms with Crippen LogP contribution >= 0.6 is 11.8 Å². The van der Waals surface area contributed by atoms with Gasteiger partial charge in [-0.05, 0) is 37.6 Å². The molecule has 0 spiro atoms. The van der Waals surface area contributed by atoms with Crippen LogP contribution < -0.4 is 4.74 Å². The Morgan fingerprint density at radius 2 is 1.89 bits per heavy atom. The van der Waals surface area contributed by atoms with E-state index in [-0.39, 0.29) is 5.69 Å². The standard InChI is InChI=1S/C18H19N5O3S/c1-2-22-17(14-8-10-19-11-9-14)20-21-18(22)27-13-3-12-26-16-6-4-15(5-7-16)23(24)25/h4-11H,2-3,12-13H2,1H3. The molecule has 3 aromatic rings. The minimum atomic E-state index is -0.426. The highest BCUT2D eigenvalue weighted by Gasteiger charge is 2.12. The average molecular weight is 385 g/mol. The molecule has 9 heteroatoms. The molecule has 0 aliphatic carbocycles. The van der Waals surface area contributed by atoms with Gasteiger partial charge in [0.05, 0.1) is 11.5 Å². The Morgan fingerprint density at radius 1 is 1.15 bits per heavy atom. The van der Waals surface area contributed by atoms with Crippen molar-refractivity contribution in [2.24, 2.45) is 0 Å². The molecule has 8 nitrogen and oxygen atoms in total. The maximum Gasteiger partial charge on any atom is 0.269 e. The number of thioether (sulfide) groups is 1. The van der Waals surface area contributed by atoms with Gasteiger partial charge in [-0.3, -0.25) is 15.1 Å². The van der Waals surface area contributed by atoms with E-state index in [4.69, 9.17) is 4.74 Å². The van der Waals surface area contributed by atoms with Gasteiger partial charge in [-0.25, -0.2) is 0 Å². The first-order chi connectivity index (χ1) is 13.2. The van der Waals surface area contributed by atoms with Gasteiger partial charge in [-0.15, -0.1) is 10.2 Å². The van der Waals surface area contributed by atoms with E-state index < -0.39 is 4.92 Å². The van der Waals surface area contributed by atoms with E-state index in [9.17, 15) is 10.1 Å². The third kappa shape index (κ3) is 4.82. The van der Waals surface area contributed by atoms with Gasteiger partial charge in [0.1, 0.15) is 5.75 Å². The normalized spacial score (nSPS) is 10.7. The van der Waals surface area contributed by atoms with Gasteiger partial charge in [-0.2, -0.15) is 0 Å². The molecule has 3 rings (SSSR count). The van der Waals surface area contributed by atoms with Crippen LogP contribution in [0.1, 0.15) is 13.3 Å². The van der Waals surface area contributed by atoms with Crippen LogP contribution in [0.3, 0.4) is 0 Å². The number of nitro benzene ring substituents is 1. The number of nitrogens with zero attached hydrogens (tertiary/aromatic N) is 5. The fourth-order valence-electron chi connectivity index (χ4n) is 2.47. The maximum atomic E-state index is 10.6. The lowest BCUT2D eigenvalue weighted by atomic mass is 10.2. The van der Waals surface area contributed by atoms with Crippen molar-refractivity contribution >= 4 is 17.4 Å². The summed E-state index contributed by atoms with van der Waals surface area (Å²) < 4.78 is 7.70. The molecule has 0 unspecified atom stereocenters. The van der Waals surface area contributed by atoms with E-state index in [0.717, 1.165) is 35.3 Å². The minimum Gasteiger partial charge on any atom is -0.494 e. The zero-order valence-corrected chi connectivity index (χ0v) is 15.6. The fourth-order valence-corrected chi connectivity index (χ4v) is 3.39. The van der Waals surface area contributed by atoms with Gasteiger partial charge in [0.15, 0.2) is 11.0 Å². The summed E-state index contributed by atoms with van der Waals surface area (Å²) in [6.45, 7) is 3.38. The molecule has 1 aromatic carbocycles. The lowest BCUT2D eigenvalue weighted by Crippen LogP contribution is -2.02. The molecule has 27 heavy (non-hydrogen) atoms. The number of aromatic nitrogens is 4. The molecule has 0 aliphatic rings. The topological polar surface area (TPSA) is 96.0 Å². The average Bonchev–Trinajstić information content (AvgIpc) is 3.11. The van der Waals surface area contributed by atoms with Crippen LogP contribution in [-0.2, 0) is 6.54 Å². The van der Waals surface area contributed by atoms with Crippen molar-refractivity contribution in [3.63, 3.8) is 0 Å². The van der Waals surface area contributed by atoms with Crippen LogP contribution in [-0.4, -0.2) is 37.0 Å². The van der Waals surface area contributed by atoms with E-state index in [1.807, 2.05) is 12.1 Å². The van der Waals surface area contributed by atoms with Crippen molar-refractivity contribution in [3.05, 3.63) is 58.9 Å². The summed E-state index contributed by atoms with van der Waals surface area (Å²) in [6, 6.07) is 9.94. The second-order valence-corrected chi connectivity index (χ2v) is 6.65. The summed E-state index contributed by atoms with van der Waals surface area (Å²) in [4.78, 5) is 14.2. The highest BCUT2D eigenvalue weighted by Crippen LogP contribution is 2.24. The predicted octanol–water partition coefficient (Wildman–Crippen LogP) is 3.83. The Morgan fingerprint density at radius 3 is 2.56 bits per heavy atom. The van der Waals surface area contributed by atoms with Gasteiger partial charge >= 0.3 is 0 Å². The molecule has 0 fully saturated rings. The van der Waals surface area contributed by atoms with Crippen LogP contribution in [0.5, 0.6) is 5.75 Å². The number of rotatable bonds is 9. The van der Waals surface area contributed by atoms with Gasteiger partial charge < -0.3 is 9.30 Å². The first-order valence-electron chi connectivity index (χ1n) is 8.52. The van der Waals surface area contributed by atoms with E-state index >= 15 is 0 Å². The Balaban J connectivity index is 1.49. The van der Waals surface area contributed by atoms with Crippen LogP contribution in [0.4, 0.5) is 5.69 Å². The van der Waals surface area contributed by atoms with Crippen molar-refractivity contribution in [2.45, 2.75) is 25.0 Å². The zero-order valence-electron chi connectivity index (χ0n) is 14.8. The van der Waals surface area contributed by atoms with Crippen LogP contribution in [0.25, 0.3) is 11.4 Å². The van der Waals surface area contributed by atoms with E-state index in [1.165, 1.54) is 12.1 Å². The first-order valence-corrected chi connectivity index (χ1v) is 9.51. The van der Waals surface area contributed by atoms with E-state index in [0.29, 0.717) is 12.4 Å². The largest absolute Gasteiger partial charge is 0.494 e. The summed E-state index contributed by atoms with van der Waals surface area (Å²) in [5.74, 6) is 2.30. The van der Waals surface area contributed by atoms with Gasteiger partial charge in [0, 0.05) is 42.4 Å². The second-order valence-electron chi connectivity index (χ2n) is 5.59. The van der Waals surface area contributed by atoms with Crippen molar-refractivity contribution in [1.29, 1.82) is 0 Å². The number of hydrogen-bond donors (Lipinski definition) is 0. The van der Waals surface area contributed by atoms with E-state index in [2.05, 4.69) is 26.7 Å². The van der Waals surface area contributed by atoms with Crippen LogP contribution in [0.15, 0.2) is 53.9 Å². The molecule has 2 heterocycles. The highest BCUT2D eigenvalue weighted by molar-refractivity contribution is 7.99. The third-order valence-electron chi connectivity index (χ3n) is 3.81. The molecule has 0 saturated carbocycles. The molecule has 0 saturated heterocycles. The quantitative estimate of drug-likeness (QED) is 0.239. The lowest BCUT2D eigenvalue weighted by molar-refractivity contribution is -0.384. The highest BCUT2D eigenvalue weighted by atomic mass is 32.2. The number of benzene rings is 1. The first kappa shape index (κ1) is 18.8. The number of non-ortho nitro benzene ring substituents is 1. The SMILES string of the molecule is CCn1c(SCCCOc2ccc([N+](=O)[O-])cc2)nnc1-c1ccncc1. The summed E-state index contributed by atoms with van der Waals surface area (Å²) in [5.41, 5.74) is 1.05. The zero-order chi connectivity index (χ0) is 19.1. The molecular weight excluding hydrogens is 366 g/mol. The van der Waals surface area contributed by atoms with Crippen molar-refractivity contribution in [3.8, 4) is 17.1 Å².